The Balaban J connectivity index is 1.50. The number of nitrogens with one attached hydrogen (secondary N) is 1. The van der Waals surface area contributed by atoms with Gasteiger partial charge in [-0.15, -0.1) is 11.3 Å². The van der Waals surface area contributed by atoms with Gasteiger partial charge in [0.2, 0.25) is 0 Å². The van der Waals surface area contributed by atoms with Crippen LogP contribution in [0.1, 0.15) is 33.3 Å². The van der Waals surface area contributed by atoms with E-state index < -0.39 is 0 Å². The summed E-state index contributed by atoms with van der Waals surface area (Å²) >= 11 is 1.85. The summed E-state index contributed by atoms with van der Waals surface area (Å²) in [7, 11) is 5.45. The molecule has 1 atom stereocenters. The molecule has 190 valence electrons. The second-order valence-electron chi connectivity index (χ2n) is 9.52. The Labute approximate surface area is 220 Å². The number of ether oxygens (including phenoxy) is 2. The van der Waals surface area contributed by atoms with Crippen molar-refractivity contribution in [2.24, 2.45) is 0 Å². The quantitative estimate of drug-likeness (QED) is 0.381. The Morgan fingerprint density at radius 2 is 1.86 bits per heavy atom. The molecular weight excluding hydrogens is 484 g/mol. The number of thiophene rings is 1. The van der Waals surface area contributed by atoms with Crippen LogP contribution in [0.2, 0.25) is 0 Å². The lowest BCUT2D eigenvalue weighted by Crippen LogP contribution is -2.38. The van der Waals surface area contributed by atoms with Crippen molar-refractivity contribution in [3.63, 3.8) is 0 Å². The van der Waals surface area contributed by atoms with E-state index in [1.807, 2.05) is 58.7 Å². The highest BCUT2D eigenvalue weighted by atomic mass is 32.1. The van der Waals surface area contributed by atoms with E-state index in [1.165, 1.54) is 21.0 Å². The van der Waals surface area contributed by atoms with Gasteiger partial charge in [-0.3, -0.25) is 0 Å². The van der Waals surface area contributed by atoms with Crippen LogP contribution in [0.5, 0.6) is 11.5 Å². The highest BCUT2D eigenvalue weighted by Gasteiger charge is 2.36. The summed E-state index contributed by atoms with van der Waals surface area (Å²) < 4.78 is 13.3. The second-order valence-corrected chi connectivity index (χ2v) is 10.6. The molecule has 4 aromatic rings. The van der Waals surface area contributed by atoms with E-state index in [-0.39, 0.29) is 12.1 Å². The second kappa shape index (κ2) is 9.61. The third-order valence-electron chi connectivity index (χ3n) is 7.27. The number of hydrogen-bond acceptors (Lipinski definition) is 5. The van der Waals surface area contributed by atoms with Crippen molar-refractivity contribution in [2.75, 3.05) is 33.1 Å². The van der Waals surface area contributed by atoms with E-state index in [9.17, 15) is 4.79 Å². The number of carbonyl (C=O) groups is 1. The maximum Gasteiger partial charge on any atom is 0.323 e. The predicted octanol–water partition coefficient (Wildman–Crippen LogP) is 5.68. The summed E-state index contributed by atoms with van der Waals surface area (Å²) in [6.07, 6.45) is 3.11. The number of hydrogen-bond donors (Lipinski definition) is 1. The minimum atomic E-state index is -0.304. The van der Waals surface area contributed by atoms with Crippen molar-refractivity contribution in [3.8, 4) is 16.5 Å². The number of carbonyl (C=O) groups excluding carboxylic acids is 1. The van der Waals surface area contributed by atoms with E-state index >= 15 is 0 Å². The van der Waals surface area contributed by atoms with Gasteiger partial charge in [0, 0.05) is 29.7 Å². The number of methoxy groups -OCH3 is 2. The van der Waals surface area contributed by atoms with Crippen LogP contribution < -0.4 is 14.8 Å². The van der Waals surface area contributed by atoms with E-state index in [1.54, 1.807) is 14.2 Å². The predicted molar refractivity (Wildman–Crippen MR) is 146 cm³/mol. The molecule has 2 aromatic heterocycles. The maximum absolute atomic E-state index is 14.1. The summed E-state index contributed by atoms with van der Waals surface area (Å²) in [5.41, 5.74) is 5.32. The lowest BCUT2D eigenvalue weighted by atomic mass is 10.00. The minimum absolute atomic E-state index is 0.175. The van der Waals surface area contributed by atoms with Crippen molar-refractivity contribution < 1.29 is 14.3 Å². The van der Waals surface area contributed by atoms with Crippen molar-refractivity contribution >= 4 is 23.1 Å². The molecule has 0 aliphatic carbocycles. The first-order valence-electron chi connectivity index (χ1n) is 12.4. The Hall–Kier alpha value is -3.75. The Bertz CT molecular complexity index is 1460. The van der Waals surface area contributed by atoms with Gasteiger partial charge in [0.05, 0.1) is 38.2 Å². The summed E-state index contributed by atoms with van der Waals surface area (Å²) in [5.74, 6) is 1.39. The van der Waals surface area contributed by atoms with Gasteiger partial charge < -0.3 is 29.2 Å². The Morgan fingerprint density at radius 3 is 2.70 bits per heavy atom. The molecule has 2 aromatic carbocycles. The van der Waals surface area contributed by atoms with E-state index in [4.69, 9.17) is 9.47 Å². The molecular formula is C29H30N4O3S. The zero-order chi connectivity index (χ0) is 25.5. The number of fused-ring (bicyclic) bond motifs is 5. The largest absolute Gasteiger partial charge is 0.497 e. The smallest absolute Gasteiger partial charge is 0.323 e. The molecule has 2 aliphatic rings. The van der Waals surface area contributed by atoms with Gasteiger partial charge >= 0.3 is 6.03 Å². The van der Waals surface area contributed by atoms with Crippen LogP contribution in [0, 0.1) is 0 Å². The molecule has 2 amide bonds. The first-order chi connectivity index (χ1) is 18.1. The monoisotopic (exact) mass is 514 g/mol. The number of anilines is 1. The number of amides is 2. The Kier molecular flexibility index (Phi) is 6.14. The molecule has 0 bridgehead atoms. The van der Waals surface area contributed by atoms with Gasteiger partial charge in [-0.05, 0) is 61.0 Å². The SMILES string of the molecule is COc1cccc([C@@H]2c3cccn3-c3sc4c(c3CN2C(=O)Nc2ccccc2OC)CCN(C)C4)c1. The highest BCUT2D eigenvalue weighted by Crippen LogP contribution is 2.44. The zero-order valence-electron chi connectivity index (χ0n) is 21.2. The van der Waals surface area contributed by atoms with Gasteiger partial charge in [0.15, 0.2) is 0 Å². The van der Waals surface area contributed by atoms with Gasteiger partial charge in [0.1, 0.15) is 16.5 Å². The normalized spacial score (nSPS) is 16.8. The van der Waals surface area contributed by atoms with Crippen LogP contribution in [0.4, 0.5) is 10.5 Å². The van der Waals surface area contributed by atoms with Gasteiger partial charge in [-0.25, -0.2) is 4.79 Å². The fourth-order valence-corrected chi connectivity index (χ4v) is 6.89. The lowest BCUT2D eigenvalue weighted by Gasteiger charge is -2.32. The van der Waals surface area contributed by atoms with Crippen molar-refractivity contribution in [1.29, 1.82) is 0 Å². The molecule has 0 radical (unpaired) electrons. The summed E-state index contributed by atoms with van der Waals surface area (Å²) in [6, 6.07) is 19.2. The van der Waals surface area contributed by atoms with Crippen LogP contribution in [0.25, 0.3) is 5.00 Å². The van der Waals surface area contributed by atoms with Crippen LogP contribution in [-0.2, 0) is 19.5 Å². The molecule has 2 aliphatic heterocycles. The first kappa shape index (κ1) is 23.6. The van der Waals surface area contributed by atoms with Crippen LogP contribution in [0.15, 0.2) is 66.9 Å². The minimum Gasteiger partial charge on any atom is -0.497 e. The van der Waals surface area contributed by atoms with Crippen LogP contribution in [-0.4, -0.2) is 48.2 Å². The summed E-state index contributed by atoms with van der Waals surface area (Å²) in [4.78, 5) is 19.8. The molecule has 37 heavy (non-hydrogen) atoms. The lowest BCUT2D eigenvalue weighted by molar-refractivity contribution is 0.194. The first-order valence-corrected chi connectivity index (χ1v) is 13.2. The number of para-hydroxylation sites is 2. The molecule has 8 heteroatoms. The Morgan fingerprint density at radius 1 is 1.00 bits per heavy atom. The number of urea groups is 1. The average molecular weight is 515 g/mol. The van der Waals surface area contributed by atoms with Gasteiger partial charge in [-0.1, -0.05) is 24.3 Å². The summed E-state index contributed by atoms with van der Waals surface area (Å²) in [6.45, 7) is 2.47. The summed E-state index contributed by atoms with van der Waals surface area (Å²) in [5, 5.41) is 4.35. The van der Waals surface area contributed by atoms with Crippen LogP contribution in [0.3, 0.4) is 0 Å². The standard InChI is InChI=1S/C29H30N4O3S/c1-31-15-13-21-22-17-33(29(34)30-23-10-4-5-12-25(23)36-3)27(19-8-6-9-20(16-19)35-2)24-11-7-14-32(24)28(22)37-26(21)18-31/h4-12,14,16,27H,13,15,17-18H2,1-3H3,(H,30,34)/t27-/m1/s1. The van der Waals surface area contributed by atoms with E-state index in [2.05, 4.69) is 46.2 Å². The molecule has 0 fully saturated rings. The number of rotatable bonds is 4. The molecule has 0 saturated carbocycles. The third-order valence-corrected chi connectivity index (χ3v) is 8.53. The van der Waals surface area contributed by atoms with Crippen molar-refractivity contribution in [1.82, 2.24) is 14.4 Å². The maximum atomic E-state index is 14.1. The molecule has 0 spiro atoms. The zero-order valence-corrected chi connectivity index (χ0v) is 22.0. The number of benzene rings is 2. The molecule has 0 unspecified atom stereocenters. The van der Waals surface area contributed by atoms with E-state index in [0.29, 0.717) is 18.0 Å². The fourth-order valence-electron chi connectivity index (χ4n) is 5.45. The van der Waals surface area contributed by atoms with Gasteiger partial charge in [-0.2, -0.15) is 0 Å². The third kappa shape index (κ3) is 4.16. The average Bonchev–Trinajstić information content (AvgIpc) is 3.50. The fraction of sp³-hybridized carbons (Fsp3) is 0.276. The molecule has 1 N–H and O–H groups in total. The van der Waals surface area contributed by atoms with Gasteiger partial charge in [0.25, 0.3) is 0 Å². The number of nitrogens with zero attached hydrogens (tertiary/aromatic N) is 3. The van der Waals surface area contributed by atoms with Crippen molar-refractivity contribution in [2.45, 2.75) is 25.6 Å². The molecule has 6 rings (SSSR count). The number of aromatic nitrogens is 1. The number of likely N-dealkylation sites (N-methyl/N-ethyl adjacent to an activating group) is 1. The molecule has 7 nitrogen and oxygen atoms in total. The van der Waals surface area contributed by atoms with E-state index in [0.717, 1.165) is 36.5 Å². The van der Waals surface area contributed by atoms with Crippen LogP contribution >= 0.6 is 11.3 Å². The molecule has 0 saturated heterocycles. The molecule has 4 heterocycles. The highest BCUT2D eigenvalue weighted by molar-refractivity contribution is 7.15. The van der Waals surface area contributed by atoms with Crippen molar-refractivity contribution in [3.05, 3.63) is 94.1 Å². The topological polar surface area (TPSA) is 59.0 Å².